The molecule has 0 radical (unpaired) electrons. The zero-order valence-corrected chi connectivity index (χ0v) is 13.7. The molecule has 2 aromatic rings. The van der Waals surface area contributed by atoms with E-state index in [0.717, 1.165) is 24.3 Å². The highest BCUT2D eigenvalue weighted by Gasteiger charge is 2.22. The van der Waals surface area contributed by atoms with Crippen LogP contribution in [0, 0.1) is 0 Å². The van der Waals surface area contributed by atoms with Crippen molar-refractivity contribution in [3.8, 4) is 0 Å². The van der Waals surface area contributed by atoms with Gasteiger partial charge in [0.1, 0.15) is 0 Å². The number of anilines is 1. The second-order valence-corrected chi connectivity index (χ2v) is 6.63. The molecule has 0 fully saturated rings. The number of carbonyl (C=O) groups is 1. The zero-order valence-electron chi connectivity index (χ0n) is 12.2. The molecule has 5 nitrogen and oxygen atoms in total. The fraction of sp³-hybridized carbons (Fsp3) is 0.333. The van der Waals surface area contributed by atoms with Gasteiger partial charge in [0.25, 0.3) is 0 Å². The lowest BCUT2D eigenvalue weighted by Gasteiger charge is -2.26. The van der Waals surface area contributed by atoms with Gasteiger partial charge in [-0.3, -0.25) is 4.68 Å². The van der Waals surface area contributed by atoms with Crippen molar-refractivity contribution in [2.24, 2.45) is 0 Å². The lowest BCUT2D eigenvalue weighted by molar-refractivity contribution is 0.248. The molecule has 22 heavy (non-hydrogen) atoms. The molecule has 1 aliphatic heterocycles. The number of carbonyl (C=O) groups excluding carboxylic acids is 1. The topological polar surface area (TPSA) is 59.0 Å². The fourth-order valence-electron chi connectivity index (χ4n) is 2.44. The van der Waals surface area contributed by atoms with Crippen LogP contribution in [0.1, 0.15) is 24.9 Å². The van der Waals surface area contributed by atoms with E-state index < -0.39 is 0 Å². The standard InChI is InChI=1S/C15H17ClN4OS/c1-2-20-9-11(8-17-20)18-15(21)19-13-5-6-22-14-4-3-10(16)7-12(13)14/h3-4,7-9,13H,2,5-6H2,1H3,(H2,18,19,21)/t13-/m0/s1. The van der Waals surface area contributed by atoms with Gasteiger partial charge in [-0.2, -0.15) is 5.10 Å². The van der Waals surface area contributed by atoms with E-state index >= 15 is 0 Å². The monoisotopic (exact) mass is 336 g/mol. The molecule has 0 spiro atoms. The summed E-state index contributed by atoms with van der Waals surface area (Å²) in [6.45, 7) is 2.77. The summed E-state index contributed by atoms with van der Waals surface area (Å²) in [4.78, 5) is 13.4. The lowest BCUT2D eigenvalue weighted by Crippen LogP contribution is -2.34. The maximum Gasteiger partial charge on any atom is 0.319 e. The van der Waals surface area contributed by atoms with E-state index in [1.165, 1.54) is 4.90 Å². The van der Waals surface area contributed by atoms with Crippen LogP contribution in [0.25, 0.3) is 0 Å². The van der Waals surface area contributed by atoms with Crippen molar-refractivity contribution in [3.63, 3.8) is 0 Å². The first-order valence-electron chi connectivity index (χ1n) is 7.18. The van der Waals surface area contributed by atoms with Gasteiger partial charge >= 0.3 is 6.03 Å². The molecule has 7 heteroatoms. The third-order valence-electron chi connectivity index (χ3n) is 3.53. The van der Waals surface area contributed by atoms with Gasteiger partial charge in [0, 0.05) is 28.4 Å². The highest BCUT2D eigenvalue weighted by molar-refractivity contribution is 7.99. The van der Waals surface area contributed by atoms with Gasteiger partial charge in [-0.25, -0.2) is 4.79 Å². The first-order chi connectivity index (χ1) is 10.7. The number of rotatable bonds is 3. The molecule has 2 amide bonds. The number of nitrogens with one attached hydrogen (secondary N) is 2. The van der Waals surface area contributed by atoms with Crippen molar-refractivity contribution in [2.75, 3.05) is 11.1 Å². The number of amides is 2. The number of thioether (sulfide) groups is 1. The Bertz CT molecular complexity index is 688. The van der Waals surface area contributed by atoms with Crippen LogP contribution >= 0.6 is 23.4 Å². The molecule has 3 rings (SSSR count). The number of benzene rings is 1. The lowest BCUT2D eigenvalue weighted by atomic mass is 10.0. The Morgan fingerprint density at radius 3 is 3.18 bits per heavy atom. The molecule has 0 aliphatic carbocycles. The van der Waals surface area contributed by atoms with Crippen LogP contribution in [-0.4, -0.2) is 21.6 Å². The van der Waals surface area contributed by atoms with Gasteiger partial charge in [0.15, 0.2) is 0 Å². The fourth-order valence-corrected chi connectivity index (χ4v) is 3.73. The minimum atomic E-state index is -0.224. The SMILES string of the molecule is CCn1cc(NC(=O)N[C@H]2CCSc3ccc(Cl)cc32)cn1. The average molecular weight is 337 g/mol. The summed E-state index contributed by atoms with van der Waals surface area (Å²) in [5, 5.41) is 10.7. The van der Waals surface area contributed by atoms with E-state index in [9.17, 15) is 4.79 Å². The van der Waals surface area contributed by atoms with Crippen molar-refractivity contribution < 1.29 is 4.79 Å². The number of fused-ring (bicyclic) bond motifs is 1. The molecule has 1 aromatic carbocycles. The van der Waals surface area contributed by atoms with Crippen LogP contribution in [0.5, 0.6) is 0 Å². The number of hydrogen-bond donors (Lipinski definition) is 2. The summed E-state index contributed by atoms with van der Waals surface area (Å²) < 4.78 is 1.77. The van der Waals surface area contributed by atoms with Crippen molar-refractivity contribution in [2.45, 2.75) is 30.8 Å². The van der Waals surface area contributed by atoms with Gasteiger partial charge in [0.2, 0.25) is 0 Å². The predicted molar refractivity (Wildman–Crippen MR) is 89.6 cm³/mol. The van der Waals surface area contributed by atoms with E-state index in [1.807, 2.05) is 25.1 Å². The van der Waals surface area contributed by atoms with Crippen LogP contribution in [-0.2, 0) is 6.54 Å². The number of aromatic nitrogens is 2. The van der Waals surface area contributed by atoms with Crippen LogP contribution < -0.4 is 10.6 Å². The maximum atomic E-state index is 12.2. The number of aryl methyl sites for hydroxylation is 1. The molecule has 0 bridgehead atoms. The van der Waals surface area contributed by atoms with Crippen LogP contribution in [0.15, 0.2) is 35.5 Å². The Hall–Kier alpha value is -1.66. The molecular weight excluding hydrogens is 320 g/mol. The van der Waals surface area contributed by atoms with Gasteiger partial charge < -0.3 is 10.6 Å². The Kier molecular flexibility index (Phi) is 4.59. The smallest absolute Gasteiger partial charge is 0.319 e. The second-order valence-electron chi connectivity index (χ2n) is 5.06. The van der Waals surface area contributed by atoms with Gasteiger partial charge in [-0.1, -0.05) is 11.6 Å². The van der Waals surface area contributed by atoms with E-state index in [0.29, 0.717) is 10.7 Å². The van der Waals surface area contributed by atoms with E-state index in [1.54, 1.807) is 28.8 Å². The highest BCUT2D eigenvalue weighted by atomic mass is 35.5. The van der Waals surface area contributed by atoms with Crippen LogP contribution in [0.4, 0.5) is 10.5 Å². The summed E-state index contributed by atoms with van der Waals surface area (Å²) in [5.74, 6) is 0.980. The molecule has 0 saturated carbocycles. The number of halogens is 1. The molecule has 1 atom stereocenters. The van der Waals surface area contributed by atoms with Crippen molar-refractivity contribution in [1.82, 2.24) is 15.1 Å². The van der Waals surface area contributed by atoms with Crippen molar-refractivity contribution in [1.29, 1.82) is 0 Å². The molecular formula is C15H17ClN4OS. The third kappa shape index (κ3) is 3.39. The summed E-state index contributed by atoms with van der Waals surface area (Å²) >= 11 is 7.87. The largest absolute Gasteiger partial charge is 0.331 e. The number of urea groups is 1. The minimum Gasteiger partial charge on any atom is -0.331 e. The maximum absolute atomic E-state index is 12.2. The number of hydrogen-bond acceptors (Lipinski definition) is 3. The van der Waals surface area contributed by atoms with Crippen LogP contribution in [0.3, 0.4) is 0 Å². The predicted octanol–water partition coefficient (Wildman–Crippen LogP) is 3.92. The number of nitrogens with zero attached hydrogens (tertiary/aromatic N) is 2. The zero-order chi connectivity index (χ0) is 15.5. The normalized spacial score (nSPS) is 16.9. The van der Waals surface area contributed by atoms with Gasteiger partial charge in [0.05, 0.1) is 17.9 Å². The quantitative estimate of drug-likeness (QED) is 0.893. The average Bonchev–Trinajstić information content (AvgIpc) is 2.95. The second kappa shape index (κ2) is 6.62. The first kappa shape index (κ1) is 15.2. The first-order valence-corrected chi connectivity index (χ1v) is 8.54. The molecule has 0 saturated heterocycles. The molecule has 1 aromatic heterocycles. The van der Waals surface area contributed by atoms with E-state index in [-0.39, 0.29) is 12.1 Å². The summed E-state index contributed by atoms with van der Waals surface area (Å²) in [6.07, 6.45) is 4.34. The molecule has 2 N–H and O–H groups in total. The summed E-state index contributed by atoms with van der Waals surface area (Å²) in [6, 6.07) is 5.59. The van der Waals surface area contributed by atoms with E-state index in [4.69, 9.17) is 11.6 Å². The Morgan fingerprint density at radius 2 is 2.41 bits per heavy atom. The summed E-state index contributed by atoms with van der Waals surface area (Å²) in [5.41, 5.74) is 1.78. The molecule has 2 heterocycles. The van der Waals surface area contributed by atoms with Gasteiger partial charge in [-0.05, 0) is 37.1 Å². The summed E-state index contributed by atoms with van der Waals surface area (Å²) in [7, 11) is 0. The third-order valence-corrected chi connectivity index (χ3v) is 4.89. The Morgan fingerprint density at radius 1 is 1.55 bits per heavy atom. The molecule has 1 aliphatic rings. The van der Waals surface area contributed by atoms with Crippen molar-refractivity contribution >= 4 is 35.1 Å². The molecule has 116 valence electrons. The van der Waals surface area contributed by atoms with Gasteiger partial charge in [-0.15, -0.1) is 11.8 Å². The minimum absolute atomic E-state index is 0.0174. The van der Waals surface area contributed by atoms with E-state index in [2.05, 4.69) is 15.7 Å². The van der Waals surface area contributed by atoms with Crippen LogP contribution in [0.2, 0.25) is 5.02 Å². The van der Waals surface area contributed by atoms with Crippen molar-refractivity contribution in [3.05, 3.63) is 41.2 Å². The Labute approximate surface area is 138 Å². The molecule has 0 unspecified atom stereocenters. The highest BCUT2D eigenvalue weighted by Crippen LogP contribution is 2.37. The Balaban J connectivity index is 1.68.